The van der Waals surface area contributed by atoms with Crippen molar-refractivity contribution < 1.29 is 4.79 Å². The summed E-state index contributed by atoms with van der Waals surface area (Å²) in [5.41, 5.74) is 0. The maximum absolute atomic E-state index is 9.28. The van der Waals surface area contributed by atoms with E-state index in [2.05, 4.69) is 0 Å². The van der Waals surface area contributed by atoms with Gasteiger partial charge in [-0.15, -0.1) is 0 Å². The maximum atomic E-state index is 9.28. The topological polar surface area (TPSA) is 17.1 Å². The van der Waals surface area contributed by atoms with E-state index in [1.54, 1.807) is 6.29 Å². The van der Waals surface area contributed by atoms with Crippen molar-refractivity contribution in [1.29, 1.82) is 0 Å². The lowest BCUT2D eigenvalue weighted by Crippen LogP contribution is -1.64. The van der Waals surface area contributed by atoms with Crippen LogP contribution in [0, 0.1) is 0 Å². The van der Waals surface area contributed by atoms with Gasteiger partial charge >= 0.3 is 0 Å². The Morgan fingerprint density at radius 2 is 2.40 bits per heavy atom. The zero-order chi connectivity index (χ0) is 4.12. The Hall–Kier alpha value is -0.330. The highest BCUT2D eigenvalue weighted by atomic mass is 16.1. The molecule has 0 spiro atoms. The van der Waals surface area contributed by atoms with Crippen molar-refractivity contribution in [1.82, 2.24) is 0 Å². The summed E-state index contributed by atoms with van der Waals surface area (Å²) in [6, 6.07) is 0. The van der Waals surface area contributed by atoms with Gasteiger partial charge in [-0.25, -0.2) is 0 Å². The second-order valence-electron chi connectivity index (χ2n) is 0.894. The molecular weight excluding hydrogens is 64.0 g/mol. The van der Waals surface area contributed by atoms with Crippen molar-refractivity contribution in [3.05, 3.63) is 0 Å². The van der Waals surface area contributed by atoms with Crippen LogP contribution in [0.5, 0.6) is 0 Å². The van der Waals surface area contributed by atoms with Crippen LogP contribution in [0.3, 0.4) is 0 Å². The van der Waals surface area contributed by atoms with E-state index in [-0.39, 0.29) is 0 Å². The lowest BCUT2D eigenvalue weighted by Gasteiger charge is -1.66. The van der Waals surface area contributed by atoms with Gasteiger partial charge in [0.15, 0.2) is 6.29 Å². The van der Waals surface area contributed by atoms with E-state index >= 15 is 0 Å². The number of hydrogen-bond donors (Lipinski definition) is 0. The molecule has 1 nitrogen and oxygen atoms in total. The normalized spacial score (nSPS) is 7.40. The lowest BCUT2D eigenvalue weighted by atomic mass is 10.4. The van der Waals surface area contributed by atoms with Crippen molar-refractivity contribution in [2.24, 2.45) is 0 Å². The molecule has 0 unspecified atom stereocenters. The summed E-state index contributed by atoms with van der Waals surface area (Å²) in [5.74, 6) is 0. The third-order valence-corrected chi connectivity index (χ3v) is 0.352. The molecular formula is C4H7O. The van der Waals surface area contributed by atoms with Crippen LogP contribution >= 0.6 is 0 Å². The summed E-state index contributed by atoms with van der Waals surface area (Å²) in [6.45, 7) is 1.95. The molecule has 0 aromatic carbocycles. The minimum Gasteiger partial charge on any atom is -0.291 e. The summed E-state index contributed by atoms with van der Waals surface area (Å²) in [6.07, 6.45) is 3.27. The molecule has 29 valence electrons. The van der Waals surface area contributed by atoms with Crippen LogP contribution < -0.4 is 0 Å². The smallest absolute Gasteiger partial charge is 0.198 e. The minimum absolute atomic E-state index is 0.583. The molecule has 0 heterocycles. The first-order valence-electron chi connectivity index (χ1n) is 1.76. The summed E-state index contributed by atoms with van der Waals surface area (Å²) in [7, 11) is 0. The Morgan fingerprint density at radius 3 is 2.40 bits per heavy atom. The average molecular weight is 71.1 g/mol. The molecule has 0 aliphatic carbocycles. The van der Waals surface area contributed by atoms with Gasteiger partial charge in [-0.3, -0.25) is 4.79 Å². The minimum atomic E-state index is 0.583. The molecule has 0 aliphatic rings. The quantitative estimate of drug-likeness (QED) is 0.472. The van der Waals surface area contributed by atoms with Crippen molar-refractivity contribution in [2.75, 3.05) is 0 Å². The van der Waals surface area contributed by atoms with Gasteiger partial charge in [0.1, 0.15) is 0 Å². The van der Waals surface area contributed by atoms with Crippen LogP contribution in [-0.2, 0) is 4.79 Å². The largest absolute Gasteiger partial charge is 0.291 e. The van der Waals surface area contributed by atoms with Gasteiger partial charge in [0.2, 0.25) is 0 Å². The van der Waals surface area contributed by atoms with E-state index in [1.165, 1.54) is 0 Å². The molecule has 0 saturated carbocycles. The van der Waals surface area contributed by atoms with Gasteiger partial charge in [-0.05, 0) is 6.42 Å². The summed E-state index contributed by atoms with van der Waals surface area (Å²) < 4.78 is 0. The number of carbonyl (C=O) groups excluding carboxylic acids is 1. The van der Waals surface area contributed by atoms with Gasteiger partial charge in [0.05, 0.1) is 0 Å². The van der Waals surface area contributed by atoms with E-state index in [0.717, 1.165) is 6.42 Å². The Morgan fingerprint density at radius 1 is 1.80 bits per heavy atom. The zero-order valence-corrected chi connectivity index (χ0v) is 3.32. The number of rotatable bonds is 2. The molecule has 0 amide bonds. The lowest BCUT2D eigenvalue weighted by molar-refractivity contribution is 0.550. The zero-order valence-electron chi connectivity index (χ0n) is 3.32. The van der Waals surface area contributed by atoms with E-state index in [0.29, 0.717) is 6.42 Å². The molecule has 0 N–H and O–H groups in total. The fraction of sp³-hybridized carbons (Fsp3) is 0.750. The van der Waals surface area contributed by atoms with Gasteiger partial charge in [-0.1, -0.05) is 6.92 Å². The Bertz CT molecular complexity index is 24.8. The Labute approximate surface area is 32.0 Å². The molecule has 5 heavy (non-hydrogen) atoms. The Kier molecular flexibility index (Phi) is 3.43. The van der Waals surface area contributed by atoms with E-state index in [4.69, 9.17) is 0 Å². The summed E-state index contributed by atoms with van der Waals surface area (Å²) >= 11 is 0. The molecule has 1 radical (unpaired) electrons. The highest BCUT2D eigenvalue weighted by Gasteiger charge is 1.69. The van der Waals surface area contributed by atoms with Crippen LogP contribution in [0.25, 0.3) is 0 Å². The fourth-order valence-electron chi connectivity index (χ4n) is 0.102. The third kappa shape index (κ3) is 3.67. The van der Waals surface area contributed by atoms with Crippen LogP contribution in [0.4, 0.5) is 0 Å². The van der Waals surface area contributed by atoms with Crippen LogP contribution in [0.1, 0.15) is 19.8 Å². The fourth-order valence-corrected chi connectivity index (χ4v) is 0.102. The molecule has 0 rings (SSSR count). The van der Waals surface area contributed by atoms with Crippen molar-refractivity contribution >= 4 is 6.29 Å². The first-order valence-corrected chi connectivity index (χ1v) is 1.76. The van der Waals surface area contributed by atoms with Gasteiger partial charge in [0, 0.05) is 6.42 Å². The average Bonchev–Trinajstić information content (AvgIpc) is 1.41. The first-order chi connectivity index (χ1) is 2.41. The molecule has 0 aromatic heterocycles. The monoisotopic (exact) mass is 71.0 g/mol. The predicted molar refractivity (Wildman–Crippen MR) is 20.6 cm³/mol. The van der Waals surface area contributed by atoms with Gasteiger partial charge < -0.3 is 0 Å². The Balaban J connectivity index is 2.40. The molecule has 0 saturated heterocycles. The van der Waals surface area contributed by atoms with Crippen LogP contribution in [0.15, 0.2) is 0 Å². The van der Waals surface area contributed by atoms with E-state index < -0.39 is 0 Å². The molecule has 0 aromatic rings. The van der Waals surface area contributed by atoms with Crippen molar-refractivity contribution in [3.63, 3.8) is 0 Å². The summed E-state index contributed by atoms with van der Waals surface area (Å²) in [5, 5.41) is 0. The number of hydrogen-bond acceptors (Lipinski definition) is 1. The van der Waals surface area contributed by atoms with Crippen molar-refractivity contribution in [2.45, 2.75) is 19.8 Å². The van der Waals surface area contributed by atoms with Crippen molar-refractivity contribution in [3.8, 4) is 0 Å². The standard InChI is InChI=1S/C4H7O/c1-2-3-4-5/h2-3H2,1H3. The first kappa shape index (κ1) is 4.67. The third-order valence-electron chi connectivity index (χ3n) is 0.352. The predicted octanol–water partition coefficient (Wildman–Crippen LogP) is 0.896. The molecule has 0 atom stereocenters. The molecule has 0 aliphatic heterocycles. The highest BCUT2D eigenvalue weighted by molar-refractivity contribution is 5.49. The maximum Gasteiger partial charge on any atom is 0.198 e. The molecule has 1 heteroatoms. The SMILES string of the molecule is CCC[C]=O. The van der Waals surface area contributed by atoms with Gasteiger partial charge in [0.25, 0.3) is 0 Å². The molecule has 0 bridgehead atoms. The number of unbranched alkanes of at least 4 members (excludes halogenated alkanes) is 1. The second kappa shape index (κ2) is 3.67. The van der Waals surface area contributed by atoms with E-state index in [9.17, 15) is 4.79 Å². The second-order valence-corrected chi connectivity index (χ2v) is 0.894. The van der Waals surface area contributed by atoms with E-state index in [1.807, 2.05) is 6.92 Å². The van der Waals surface area contributed by atoms with Crippen LogP contribution in [-0.4, -0.2) is 6.29 Å². The van der Waals surface area contributed by atoms with Crippen LogP contribution in [0.2, 0.25) is 0 Å². The van der Waals surface area contributed by atoms with Gasteiger partial charge in [-0.2, -0.15) is 0 Å². The molecule has 0 fully saturated rings. The highest BCUT2D eigenvalue weighted by Crippen LogP contribution is 1.74. The summed E-state index contributed by atoms with van der Waals surface area (Å²) in [4.78, 5) is 9.28.